The van der Waals surface area contributed by atoms with E-state index in [1.54, 1.807) is 27.2 Å². The molecule has 1 saturated heterocycles. The largest absolute Gasteiger partial charge is 0.493 e. The van der Waals surface area contributed by atoms with Gasteiger partial charge in [-0.25, -0.2) is 4.79 Å². The van der Waals surface area contributed by atoms with Gasteiger partial charge in [0.15, 0.2) is 16.6 Å². The number of aromatic amines is 1. The van der Waals surface area contributed by atoms with Crippen molar-refractivity contribution in [2.45, 2.75) is 19.8 Å². The number of esters is 1. The van der Waals surface area contributed by atoms with Crippen molar-refractivity contribution in [1.29, 1.82) is 0 Å². The number of aromatic nitrogens is 1. The summed E-state index contributed by atoms with van der Waals surface area (Å²) in [5.41, 5.74) is 1.66. The van der Waals surface area contributed by atoms with Crippen LogP contribution in [0.4, 0.5) is 5.69 Å². The second-order valence-corrected chi connectivity index (χ2v) is 6.36. The normalized spacial score (nSPS) is 13.7. The second-order valence-electron chi connectivity index (χ2n) is 5.97. The molecule has 3 rings (SSSR count). The number of likely N-dealkylation sites (tertiary alicyclic amines) is 1. The number of H-pyrrole nitrogens is 1. The van der Waals surface area contributed by atoms with Gasteiger partial charge >= 0.3 is 5.97 Å². The Morgan fingerprint density at radius 1 is 1.23 bits per heavy atom. The average Bonchev–Trinajstić information content (AvgIpc) is 3.29. The second kappa shape index (κ2) is 7.82. The van der Waals surface area contributed by atoms with E-state index in [0.717, 1.165) is 36.8 Å². The van der Waals surface area contributed by atoms with Crippen molar-refractivity contribution in [2.75, 3.05) is 39.2 Å². The summed E-state index contributed by atoms with van der Waals surface area (Å²) in [5.74, 6) is 0.711. The number of ether oxygens (including phenoxy) is 3. The Morgan fingerprint density at radius 2 is 1.88 bits per heavy atom. The van der Waals surface area contributed by atoms with Crippen molar-refractivity contribution in [3.63, 3.8) is 0 Å². The molecule has 1 aromatic heterocycles. The molecule has 26 heavy (non-hydrogen) atoms. The van der Waals surface area contributed by atoms with E-state index in [-0.39, 0.29) is 6.61 Å². The van der Waals surface area contributed by atoms with Crippen molar-refractivity contribution < 1.29 is 19.0 Å². The van der Waals surface area contributed by atoms with Crippen LogP contribution in [-0.2, 0) is 4.74 Å². The van der Waals surface area contributed by atoms with Crippen molar-refractivity contribution >= 4 is 39.9 Å². The SMILES string of the molecule is CCOC(=O)c1[nH]c2cc(OC)c(OC)cc2c1NC(=S)N1CCCC1. The first-order valence-electron chi connectivity index (χ1n) is 8.59. The number of nitrogens with one attached hydrogen (secondary N) is 2. The van der Waals surface area contributed by atoms with E-state index in [1.807, 2.05) is 6.07 Å². The third kappa shape index (κ3) is 3.41. The van der Waals surface area contributed by atoms with Gasteiger partial charge in [0.1, 0.15) is 5.69 Å². The molecule has 0 amide bonds. The van der Waals surface area contributed by atoms with Crippen molar-refractivity contribution in [2.24, 2.45) is 0 Å². The number of nitrogens with zero attached hydrogens (tertiary/aromatic N) is 1. The Hall–Kier alpha value is -2.48. The van der Waals surface area contributed by atoms with Gasteiger partial charge in [-0.15, -0.1) is 0 Å². The average molecular weight is 377 g/mol. The summed E-state index contributed by atoms with van der Waals surface area (Å²) in [4.78, 5) is 17.7. The van der Waals surface area contributed by atoms with E-state index in [4.69, 9.17) is 26.4 Å². The summed E-state index contributed by atoms with van der Waals surface area (Å²) in [7, 11) is 3.14. The molecule has 0 atom stereocenters. The summed E-state index contributed by atoms with van der Waals surface area (Å²) < 4.78 is 15.9. The fourth-order valence-corrected chi connectivity index (χ4v) is 3.40. The van der Waals surface area contributed by atoms with Gasteiger partial charge in [-0.1, -0.05) is 0 Å². The molecule has 8 heteroatoms. The monoisotopic (exact) mass is 377 g/mol. The minimum absolute atomic E-state index is 0.289. The molecule has 0 spiro atoms. The van der Waals surface area contributed by atoms with Crippen LogP contribution in [0.3, 0.4) is 0 Å². The number of fused-ring (bicyclic) bond motifs is 1. The molecule has 140 valence electrons. The van der Waals surface area contributed by atoms with E-state index in [9.17, 15) is 4.79 Å². The first-order chi connectivity index (χ1) is 12.6. The highest BCUT2D eigenvalue weighted by Crippen LogP contribution is 2.37. The Balaban J connectivity index is 2.07. The van der Waals surface area contributed by atoms with E-state index >= 15 is 0 Å². The highest BCUT2D eigenvalue weighted by Gasteiger charge is 2.24. The quantitative estimate of drug-likeness (QED) is 0.612. The van der Waals surface area contributed by atoms with Crippen LogP contribution in [0.1, 0.15) is 30.3 Å². The zero-order valence-electron chi connectivity index (χ0n) is 15.2. The molecule has 2 N–H and O–H groups in total. The lowest BCUT2D eigenvalue weighted by Crippen LogP contribution is -2.32. The molecule has 0 bridgehead atoms. The molecule has 2 heterocycles. The van der Waals surface area contributed by atoms with Crippen LogP contribution in [0.25, 0.3) is 10.9 Å². The van der Waals surface area contributed by atoms with Crippen LogP contribution in [0, 0.1) is 0 Å². The maximum absolute atomic E-state index is 12.4. The minimum atomic E-state index is -0.437. The number of hydrogen-bond acceptors (Lipinski definition) is 5. The van der Waals surface area contributed by atoms with Crippen molar-refractivity contribution in [1.82, 2.24) is 9.88 Å². The standard InChI is InChI=1S/C18H23N3O4S/c1-4-25-17(22)16-15(20-18(26)21-7-5-6-8-21)11-9-13(23-2)14(24-3)10-12(11)19-16/h9-10,19H,4-8H2,1-3H3,(H,20,26). The maximum Gasteiger partial charge on any atom is 0.356 e. The molecule has 1 aromatic carbocycles. The third-order valence-corrected chi connectivity index (χ3v) is 4.77. The Labute approximate surface area is 157 Å². The predicted octanol–water partition coefficient (Wildman–Crippen LogP) is 3.15. The Morgan fingerprint density at radius 3 is 2.50 bits per heavy atom. The maximum atomic E-state index is 12.4. The van der Waals surface area contributed by atoms with Gasteiger partial charge in [-0.05, 0) is 38.0 Å². The van der Waals surface area contributed by atoms with E-state index in [1.165, 1.54) is 0 Å². The van der Waals surface area contributed by atoms with Crippen LogP contribution >= 0.6 is 12.2 Å². The molecule has 0 saturated carbocycles. The Kier molecular flexibility index (Phi) is 5.51. The van der Waals surface area contributed by atoms with Gasteiger partial charge in [0, 0.05) is 24.5 Å². The molecule has 1 fully saturated rings. The lowest BCUT2D eigenvalue weighted by Gasteiger charge is -2.20. The van der Waals surface area contributed by atoms with Gasteiger partial charge in [-0.3, -0.25) is 0 Å². The predicted molar refractivity (Wildman–Crippen MR) is 104 cm³/mol. The number of rotatable bonds is 5. The lowest BCUT2D eigenvalue weighted by atomic mass is 10.2. The molecule has 0 radical (unpaired) electrons. The molecule has 0 unspecified atom stereocenters. The fourth-order valence-electron chi connectivity index (χ4n) is 3.11. The first kappa shape index (κ1) is 18.3. The summed E-state index contributed by atoms with van der Waals surface area (Å²) >= 11 is 5.54. The topological polar surface area (TPSA) is 75.8 Å². The summed E-state index contributed by atoms with van der Waals surface area (Å²) in [6.45, 7) is 3.89. The highest BCUT2D eigenvalue weighted by atomic mass is 32.1. The number of hydrogen-bond donors (Lipinski definition) is 2. The highest BCUT2D eigenvalue weighted by molar-refractivity contribution is 7.80. The smallest absolute Gasteiger partial charge is 0.356 e. The molecule has 1 aliphatic heterocycles. The van der Waals surface area contributed by atoms with Gasteiger partial charge in [0.05, 0.1) is 32.0 Å². The zero-order chi connectivity index (χ0) is 18.7. The third-order valence-electron chi connectivity index (χ3n) is 4.41. The number of thiocarbonyl (C=S) groups is 1. The van der Waals surface area contributed by atoms with Gasteiger partial charge in [-0.2, -0.15) is 0 Å². The molecule has 7 nitrogen and oxygen atoms in total. The first-order valence-corrected chi connectivity index (χ1v) is 9.00. The van der Waals surface area contributed by atoms with Gasteiger partial charge in [0.25, 0.3) is 0 Å². The van der Waals surface area contributed by atoms with Crippen LogP contribution in [0.15, 0.2) is 12.1 Å². The molecule has 0 aliphatic carbocycles. The van der Waals surface area contributed by atoms with Crippen molar-refractivity contribution in [3.8, 4) is 11.5 Å². The number of carbonyl (C=O) groups excluding carboxylic acids is 1. The van der Waals surface area contributed by atoms with Crippen LogP contribution in [-0.4, -0.2) is 54.9 Å². The molecule has 1 aliphatic rings. The van der Waals surface area contributed by atoms with E-state index in [2.05, 4.69) is 15.2 Å². The van der Waals surface area contributed by atoms with E-state index in [0.29, 0.717) is 28.0 Å². The van der Waals surface area contributed by atoms with Crippen LogP contribution < -0.4 is 14.8 Å². The molecular formula is C18H23N3O4S. The van der Waals surface area contributed by atoms with Crippen molar-refractivity contribution in [3.05, 3.63) is 17.8 Å². The van der Waals surface area contributed by atoms with Crippen LogP contribution in [0.2, 0.25) is 0 Å². The number of methoxy groups -OCH3 is 2. The van der Waals surface area contributed by atoms with Crippen LogP contribution in [0.5, 0.6) is 11.5 Å². The summed E-state index contributed by atoms with van der Waals surface area (Å²) in [6.07, 6.45) is 2.23. The number of carbonyl (C=O) groups is 1. The lowest BCUT2D eigenvalue weighted by molar-refractivity contribution is 0.0522. The fraction of sp³-hybridized carbons (Fsp3) is 0.444. The summed E-state index contributed by atoms with van der Waals surface area (Å²) in [6, 6.07) is 3.61. The molecule has 2 aromatic rings. The molecular weight excluding hydrogens is 354 g/mol. The van der Waals surface area contributed by atoms with Gasteiger partial charge < -0.3 is 29.4 Å². The van der Waals surface area contributed by atoms with Gasteiger partial charge in [0.2, 0.25) is 0 Å². The number of anilines is 1. The zero-order valence-corrected chi connectivity index (χ0v) is 16.0. The number of benzene rings is 1. The summed E-state index contributed by atoms with van der Waals surface area (Å²) in [5, 5.41) is 4.62. The Bertz CT molecular complexity index is 827. The minimum Gasteiger partial charge on any atom is -0.493 e. The van der Waals surface area contributed by atoms with E-state index < -0.39 is 5.97 Å².